The highest BCUT2D eigenvalue weighted by molar-refractivity contribution is 6.05. The van der Waals surface area contributed by atoms with Gasteiger partial charge in [0.1, 0.15) is 23.5 Å². The lowest BCUT2D eigenvalue weighted by Gasteiger charge is -2.24. The molecule has 0 fully saturated rings. The SMILES string of the molecule is CCOC(=O)Cn1c(C)c(C)c(C(=O)OC(C)(C)C)c1N(C)C(=O)C(F)(F)F. The van der Waals surface area contributed by atoms with E-state index in [0.717, 1.165) is 11.6 Å². The normalized spacial score (nSPS) is 11.9. The van der Waals surface area contributed by atoms with E-state index >= 15 is 0 Å². The third-order valence-corrected chi connectivity index (χ3v) is 3.86. The molecule has 28 heavy (non-hydrogen) atoms. The number of rotatable bonds is 5. The van der Waals surface area contributed by atoms with Gasteiger partial charge in [0, 0.05) is 12.7 Å². The van der Waals surface area contributed by atoms with Crippen LogP contribution in [0.15, 0.2) is 0 Å². The summed E-state index contributed by atoms with van der Waals surface area (Å²) in [6.07, 6.45) is -5.17. The molecule has 0 spiro atoms. The Hall–Kier alpha value is -2.52. The number of anilines is 1. The molecule has 1 amide bonds. The van der Waals surface area contributed by atoms with Crippen LogP contribution in [0.3, 0.4) is 0 Å². The summed E-state index contributed by atoms with van der Waals surface area (Å²) in [6.45, 7) is 9.03. The lowest BCUT2D eigenvalue weighted by molar-refractivity contribution is -0.170. The molecule has 0 bridgehead atoms. The van der Waals surface area contributed by atoms with E-state index in [1.807, 2.05) is 0 Å². The van der Waals surface area contributed by atoms with E-state index in [1.165, 1.54) is 13.8 Å². The second-order valence-electron chi connectivity index (χ2n) is 7.16. The smallest absolute Gasteiger partial charge is 0.465 e. The number of aromatic nitrogens is 1. The molecule has 1 rings (SSSR count). The van der Waals surface area contributed by atoms with Gasteiger partial charge in [0.2, 0.25) is 0 Å². The second kappa shape index (κ2) is 8.24. The quantitative estimate of drug-likeness (QED) is 0.702. The molecule has 0 saturated carbocycles. The van der Waals surface area contributed by atoms with Gasteiger partial charge in [0.15, 0.2) is 0 Å². The Morgan fingerprint density at radius 1 is 1.11 bits per heavy atom. The molecule has 158 valence electrons. The standard InChI is InChI=1S/C18H25F3N2O5/c1-8-27-12(24)9-23-11(3)10(2)13(15(25)28-17(4,5)6)14(23)22(7)16(26)18(19,20)21/h8-9H2,1-7H3. The summed E-state index contributed by atoms with van der Waals surface area (Å²) in [7, 11) is 0.888. The number of hydrogen-bond donors (Lipinski definition) is 0. The zero-order valence-corrected chi connectivity index (χ0v) is 17.0. The van der Waals surface area contributed by atoms with Crippen molar-refractivity contribution in [3.05, 3.63) is 16.8 Å². The molecule has 0 radical (unpaired) electrons. The largest absolute Gasteiger partial charge is 0.471 e. The highest BCUT2D eigenvalue weighted by atomic mass is 19.4. The molecule has 0 saturated heterocycles. The minimum absolute atomic E-state index is 0.0731. The second-order valence-corrected chi connectivity index (χ2v) is 7.16. The zero-order valence-electron chi connectivity index (χ0n) is 17.0. The van der Waals surface area contributed by atoms with Crippen molar-refractivity contribution in [1.82, 2.24) is 4.57 Å². The summed E-state index contributed by atoms with van der Waals surface area (Å²) in [5.74, 6) is -4.17. The van der Waals surface area contributed by atoms with E-state index in [4.69, 9.17) is 9.47 Å². The minimum atomic E-state index is -5.17. The van der Waals surface area contributed by atoms with Crippen molar-refractivity contribution in [1.29, 1.82) is 0 Å². The first-order valence-electron chi connectivity index (χ1n) is 8.55. The zero-order chi connectivity index (χ0) is 22.0. The number of amides is 1. The number of nitrogens with zero attached hydrogens (tertiary/aromatic N) is 2. The van der Waals surface area contributed by atoms with Gasteiger partial charge in [-0.15, -0.1) is 0 Å². The van der Waals surface area contributed by atoms with Crippen molar-refractivity contribution in [3.63, 3.8) is 0 Å². The van der Waals surface area contributed by atoms with Gasteiger partial charge in [-0.3, -0.25) is 14.5 Å². The van der Waals surface area contributed by atoms with Gasteiger partial charge >= 0.3 is 24.0 Å². The predicted molar refractivity (Wildman–Crippen MR) is 95.2 cm³/mol. The minimum Gasteiger partial charge on any atom is -0.465 e. The summed E-state index contributed by atoms with van der Waals surface area (Å²) < 4.78 is 50.3. The molecule has 0 N–H and O–H groups in total. The summed E-state index contributed by atoms with van der Waals surface area (Å²) in [5.41, 5.74) is -0.484. The number of halogens is 3. The molecule has 10 heteroatoms. The van der Waals surface area contributed by atoms with Crippen LogP contribution in [0.5, 0.6) is 0 Å². The number of esters is 2. The fraction of sp³-hybridized carbons (Fsp3) is 0.611. The molecule has 0 atom stereocenters. The molecule has 7 nitrogen and oxygen atoms in total. The predicted octanol–water partition coefficient (Wildman–Crippen LogP) is 3.15. The lowest BCUT2D eigenvalue weighted by Crippen LogP contribution is -2.40. The maximum atomic E-state index is 13.0. The molecule has 0 aliphatic heterocycles. The van der Waals surface area contributed by atoms with Crippen LogP contribution in [0.1, 0.15) is 49.3 Å². The third-order valence-electron chi connectivity index (χ3n) is 3.86. The molecular weight excluding hydrogens is 381 g/mol. The van der Waals surface area contributed by atoms with Gasteiger partial charge in [0.05, 0.1) is 6.61 Å². The first-order chi connectivity index (χ1) is 12.6. The van der Waals surface area contributed by atoms with Gasteiger partial charge in [-0.1, -0.05) is 0 Å². The highest BCUT2D eigenvalue weighted by Gasteiger charge is 2.44. The van der Waals surface area contributed by atoms with E-state index < -0.39 is 36.2 Å². The molecular formula is C18H25F3N2O5. The number of carbonyl (C=O) groups excluding carboxylic acids is 3. The van der Waals surface area contributed by atoms with Gasteiger partial charge < -0.3 is 14.0 Å². The Balaban J connectivity index is 3.64. The van der Waals surface area contributed by atoms with Crippen molar-refractivity contribution >= 4 is 23.7 Å². The first kappa shape index (κ1) is 23.5. The topological polar surface area (TPSA) is 77.8 Å². The number of carbonyl (C=O) groups is 3. The van der Waals surface area contributed by atoms with Crippen LogP contribution < -0.4 is 4.90 Å². The summed E-state index contributed by atoms with van der Waals surface area (Å²) in [4.78, 5) is 36.8. The summed E-state index contributed by atoms with van der Waals surface area (Å²) in [5, 5.41) is 0. The fourth-order valence-electron chi connectivity index (χ4n) is 2.58. The van der Waals surface area contributed by atoms with Crippen LogP contribution in [0, 0.1) is 13.8 Å². The van der Waals surface area contributed by atoms with Crippen LogP contribution in [0.2, 0.25) is 0 Å². The monoisotopic (exact) mass is 406 g/mol. The summed E-state index contributed by atoms with van der Waals surface area (Å²) in [6, 6.07) is 0. The van der Waals surface area contributed by atoms with E-state index in [0.29, 0.717) is 16.2 Å². The van der Waals surface area contributed by atoms with Crippen LogP contribution in [-0.4, -0.2) is 47.8 Å². The van der Waals surface area contributed by atoms with Gasteiger partial charge in [-0.05, 0) is 47.1 Å². The highest BCUT2D eigenvalue weighted by Crippen LogP contribution is 2.33. The van der Waals surface area contributed by atoms with Crippen molar-refractivity contribution in [2.75, 3.05) is 18.6 Å². The average molecular weight is 406 g/mol. The lowest BCUT2D eigenvalue weighted by atomic mass is 10.1. The molecule has 1 aromatic heterocycles. The van der Waals surface area contributed by atoms with Crippen LogP contribution >= 0.6 is 0 Å². The van der Waals surface area contributed by atoms with Crippen molar-refractivity contribution in [2.45, 2.75) is 59.9 Å². The molecule has 1 aromatic rings. The van der Waals surface area contributed by atoms with E-state index in [-0.39, 0.29) is 18.0 Å². The number of alkyl halides is 3. The Bertz CT molecular complexity index is 776. The molecule has 1 heterocycles. The first-order valence-corrected chi connectivity index (χ1v) is 8.55. The maximum Gasteiger partial charge on any atom is 0.471 e. The molecule has 0 unspecified atom stereocenters. The number of hydrogen-bond acceptors (Lipinski definition) is 5. The molecule has 0 aliphatic carbocycles. The Kier molecular flexibility index (Phi) is 6.92. The summed E-state index contributed by atoms with van der Waals surface area (Å²) >= 11 is 0. The molecule has 0 aliphatic rings. The Labute approximate surface area is 161 Å². The average Bonchev–Trinajstić information content (AvgIpc) is 2.76. The van der Waals surface area contributed by atoms with Crippen molar-refractivity contribution in [2.24, 2.45) is 0 Å². The fourth-order valence-corrected chi connectivity index (χ4v) is 2.58. The molecule has 0 aromatic carbocycles. The Morgan fingerprint density at radius 3 is 2.07 bits per heavy atom. The van der Waals surface area contributed by atoms with Crippen LogP contribution in [0.4, 0.5) is 19.0 Å². The van der Waals surface area contributed by atoms with E-state index in [9.17, 15) is 27.6 Å². The van der Waals surface area contributed by atoms with Crippen molar-refractivity contribution < 1.29 is 37.0 Å². The van der Waals surface area contributed by atoms with Gasteiger partial charge in [0.25, 0.3) is 0 Å². The maximum absolute atomic E-state index is 13.0. The third kappa shape index (κ3) is 5.26. The van der Waals surface area contributed by atoms with Crippen LogP contribution in [-0.2, 0) is 25.6 Å². The van der Waals surface area contributed by atoms with E-state index in [2.05, 4.69) is 0 Å². The van der Waals surface area contributed by atoms with E-state index in [1.54, 1.807) is 27.7 Å². The van der Waals surface area contributed by atoms with Gasteiger partial charge in [-0.25, -0.2) is 4.79 Å². The van der Waals surface area contributed by atoms with Crippen LogP contribution in [0.25, 0.3) is 0 Å². The van der Waals surface area contributed by atoms with Gasteiger partial charge in [-0.2, -0.15) is 13.2 Å². The Morgan fingerprint density at radius 2 is 1.64 bits per heavy atom. The number of ether oxygens (including phenoxy) is 2. The van der Waals surface area contributed by atoms with Crippen molar-refractivity contribution in [3.8, 4) is 0 Å².